The Morgan fingerprint density at radius 3 is 1.42 bits per heavy atom. The smallest absolute Gasteiger partial charge is 0.322 e. The number of ether oxygens (including phenoxy) is 4. The van der Waals surface area contributed by atoms with Crippen LogP contribution >= 0.6 is 0 Å². The van der Waals surface area contributed by atoms with E-state index in [-0.39, 0.29) is 126 Å². The number of carbonyl (C=O) groups is 10. The molecule has 1 unspecified atom stereocenters. The van der Waals surface area contributed by atoms with Gasteiger partial charge in [0.25, 0.3) is 0 Å². The van der Waals surface area contributed by atoms with Crippen molar-refractivity contribution < 1.29 is 77.1 Å². The van der Waals surface area contributed by atoms with Gasteiger partial charge in [-0.3, -0.25) is 43.2 Å². The van der Waals surface area contributed by atoms with Gasteiger partial charge in [0.1, 0.15) is 26.0 Å². The maximum atomic E-state index is 11.9. The van der Waals surface area contributed by atoms with Crippen LogP contribution in [-0.4, -0.2) is 175 Å². The molecular formula is C58H111N7O16. The third kappa shape index (κ3) is 68.9. The van der Waals surface area contributed by atoms with E-state index in [1.165, 1.54) is 108 Å². The second-order valence-corrected chi connectivity index (χ2v) is 20.0. The zero-order valence-corrected chi connectivity index (χ0v) is 50.7. The van der Waals surface area contributed by atoms with E-state index < -0.39 is 11.9 Å². The number of hydrogen-bond donors (Lipinski definition) is 8. The molecule has 9 N–H and O–H groups in total. The van der Waals surface area contributed by atoms with Crippen molar-refractivity contribution in [2.24, 2.45) is 23.5 Å². The molecule has 23 nitrogen and oxygen atoms in total. The van der Waals surface area contributed by atoms with Gasteiger partial charge >= 0.3 is 11.9 Å². The molecule has 1 saturated carbocycles. The molecule has 0 aromatic carbocycles. The van der Waals surface area contributed by atoms with E-state index in [2.05, 4.69) is 60.0 Å². The van der Waals surface area contributed by atoms with Crippen LogP contribution in [0.2, 0.25) is 0 Å². The van der Waals surface area contributed by atoms with Crippen molar-refractivity contribution in [1.29, 1.82) is 0 Å². The molecule has 23 heteroatoms. The lowest BCUT2D eigenvalue weighted by Crippen LogP contribution is -2.38. The van der Waals surface area contributed by atoms with Gasteiger partial charge in [-0.1, -0.05) is 144 Å². The van der Waals surface area contributed by atoms with E-state index in [0.29, 0.717) is 45.1 Å². The normalized spacial score (nSPS) is 13.4. The summed E-state index contributed by atoms with van der Waals surface area (Å²) >= 11 is 0. The summed E-state index contributed by atoms with van der Waals surface area (Å²) in [5.74, 6) is -2.43. The molecule has 1 fully saturated rings. The number of aldehydes is 1. The lowest BCUT2D eigenvalue weighted by atomic mass is 9.82. The Morgan fingerprint density at radius 2 is 0.988 bits per heavy atom. The van der Waals surface area contributed by atoms with Gasteiger partial charge in [0.05, 0.1) is 39.6 Å². The molecular weight excluding hydrogens is 1050 g/mol. The highest BCUT2D eigenvalue weighted by molar-refractivity contribution is 5.83. The summed E-state index contributed by atoms with van der Waals surface area (Å²) < 4.78 is 20.8. The van der Waals surface area contributed by atoms with E-state index in [0.717, 1.165) is 44.8 Å². The number of nitrogens with two attached hydrogens (primary N) is 1. The number of nitrogens with one attached hydrogen (secondary N) is 5. The zero-order valence-electron chi connectivity index (χ0n) is 50.7. The van der Waals surface area contributed by atoms with E-state index in [1.54, 1.807) is 14.0 Å². The van der Waals surface area contributed by atoms with Crippen molar-refractivity contribution in [2.45, 2.75) is 195 Å². The van der Waals surface area contributed by atoms with Gasteiger partial charge in [-0.2, -0.15) is 0 Å². The molecule has 0 spiro atoms. The average molecular weight is 1160 g/mol. The first-order chi connectivity index (χ1) is 39.0. The number of carboxylic acid groups (broad SMARTS) is 2. The molecule has 1 aliphatic carbocycles. The molecule has 0 aliphatic heterocycles. The molecule has 0 bridgehead atoms. The highest BCUT2D eigenvalue weighted by atomic mass is 16.5. The number of amides is 7. The second-order valence-electron chi connectivity index (χ2n) is 20.0. The average Bonchev–Trinajstić information content (AvgIpc) is 3.43. The standard InChI is InChI=1S/C24H43N5O10.C20H40O2.C10H17NO3.C3H8.CH3NO/c1-20(16-30)15-24(35)29(2)8-3-21(32)26-4-5-27-22(33)17-38-14-12-37-10-7-28-23(34)18-39-13-11-36-9-6-25-19-31;1-2-3-4-5-6-7-8-9-10-11-12-13-14-15-16-17-18-19-20(21)22;1-7-2-4-8(5-3-7)10(14)11-6-9(12)13;1-3-2;2-1-3/h16,19-20H,3-15,17-18H2,1-2H3,(H,25,31)(H,26,32)(H,27,33)(H,28,34);2-19H2,1H3,(H,21,22);7-8H,2-6H2,1H3,(H,11,14)(H,12,13);3H2,1-2H3;1H,(H2,2,3). The predicted octanol–water partition coefficient (Wildman–Crippen LogP) is 5.87. The van der Waals surface area contributed by atoms with E-state index in [4.69, 9.17) is 34.0 Å². The molecule has 474 valence electrons. The number of primary amides is 1. The Morgan fingerprint density at radius 1 is 0.568 bits per heavy atom. The van der Waals surface area contributed by atoms with Crippen molar-refractivity contribution in [3.8, 4) is 0 Å². The second kappa shape index (κ2) is 65.5. The fraction of sp³-hybridized carbons (Fsp3) is 0.828. The SMILES string of the molecule is CC(C=O)CC(=O)N(C)CCC(=O)NCCNC(=O)COCCOCCNC(=O)COCCOCCNC=O.CC1CCC(C(=O)NCC(=O)O)CC1.CCC.CCCCCCCCCCCCCCCCCCCC(=O)O.NC=O. The number of carboxylic acids is 2. The minimum atomic E-state index is -0.984. The highest BCUT2D eigenvalue weighted by Gasteiger charge is 2.24. The fourth-order valence-corrected chi connectivity index (χ4v) is 7.52. The first-order valence-corrected chi connectivity index (χ1v) is 29.8. The van der Waals surface area contributed by atoms with Crippen LogP contribution in [0.15, 0.2) is 0 Å². The third-order valence-corrected chi connectivity index (χ3v) is 12.1. The minimum Gasteiger partial charge on any atom is -0.481 e. The van der Waals surface area contributed by atoms with E-state index >= 15 is 0 Å². The number of aliphatic carboxylic acids is 2. The molecule has 7 amide bonds. The molecule has 1 atom stereocenters. The van der Waals surface area contributed by atoms with Crippen molar-refractivity contribution >= 4 is 60.6 Å². The van der Waals surface area contributed by atoms with Crippen LogP contribution < -0.4 is 32.3 Å². The van der Waals surface area contributed by atoms with E-state index in [1.807, 2.05) is 0 Å². The van der Waals surface area contributed by atoms with Crippen LogP contribution in [0.25, 0.3) is 0 Å². The molecule has 1 aliphatic rings. The van der Waals surface area contributed by atoms with Crippen LogP contribution in [0.5, 0.6) is 0 Å². The number of rotatable bonds is 47. The maximum absolute atomic E-state index is 11.9. The summed E-state index contributed by atoms with van der Waals surface area (Å²) in [7, 11) is 1.58. The van der Waals surface area contributed by atoms with Gasteiger partial charge in [-0.05, 0) is 38.0 Å². The predicted molar refractivity (Wildman–Crippen MR) is 313 cm³/mol. The lowest BCUT2D eigenvalue weighted by molar-refractivity contribution is -0.139. The zero-order chi connectivity index (χ0) is 61.4. The molecule has 0 radical (unpaired) electrons. The summed E-state index contributed by atoms with van der Waals surface area (Å²) in [6.07, 6.45) is 30.1. The van der Waals surface area contributed by atoms with E-state index in [9.17, 15) is 43.2 Å². The Kier molecular flexibility index (Phi) is 66.5. The minimum absolute atomic E-state index is 0.0329. The molecule has 0 aromatic heterocycles. The highest BCUT2D eigenvalue weighted by Crippen LogP contribution is 2.28. The Labute approximate surface area is 485 Å². The molecule has 0 saturated heterocycles. The third-order valence-electron chi connectivity index (χ3n) is 12.1. The van der Waals surface area contributed by atoms with Gasteiger partial charge in [0.15, 0.2) is 0 Å². The van der Waals surface area contributed by atoms with Crippen LogP contribution in [0.3, 0.4) is 0 Å². The van der Waals surface area contributed by atoms with Crippen LogP contribution in [-0.2, 0) is 66.9 Å². The Bertz CT molecular complexity index is 1560. The largest absolute Gasteiger partial charge is 0.481 e. The summed E-state index contributed by atoms with van der Waals surface area (Å²) in [6, 6.07) is 0. The van der Waals surface area contributed by atoms with Gasteiger partial charge in [0, 0.05) is 70.9 Å². The topological polar surface area (TPSA) is 337 Å². The van der Waals surface area contributed by atoms with Crippen LogP contribution in [0.4, 0.5) is 0 Å². The van der Waals surface area contributed by atoms with Crippen LogP contribution in [0, 0.1) is 17.8 Å². The first-order valence-electron chi connectivity index (χ1n) is 29.8. The molecule has 0 aromatic rings. The number of hydrogen-bond acceptors (Lipinski definition) is 14. The quantitative estimate of drug-likeness (QED) is 0.0261. The van der Waals surface area contributed by atoms with Gasteiger partial charge in [-0.15, -0.1) is 0 Å². The monoisotopic (exact) mass is 1160 g/mol. The van der Waals surface area contributed by atoms with Crippen molar-refractivity contribution in [3.63, 3.8) is 0 Å². The number of unbranched alkanes of at least 4 members (excludes halogenated alkanes) is 16. The number of carbonyl (C=O) groups excluding carboxylic acids is 8. The molecule has 0 heterocycles. The van der Waals surface area contributed by atoms with Crippen molar-refractivity contribution in [3.05, 3.63) is 0 Å². The summed E-state index contributed by atoms with van der Waals surface area (Å²) in [4.78, 5) is 110. The fourth-order valence-electron chi connectivity index (χ4n) is 7.52. The van der Waals surface area contributed by atoms with Crippen LogP contribution in [0.1, 0.15) is 195 Å². The first kappa shape index (κ1) is 82.2. The van der Waals surface area contributed by atoms with Crippen molar-refractivity contribution in [1.82, 2.24) is 31.5 Å². The molecule has 81 heavy (non-hydrogen) atoms. The summed E-state index contributed by atoms with van der Waals surface area (Å²) in [6.45, 7) is 12.9. The maximum Gasteiger partial charge on any atom is 0.322 e. The number of nitrogens with zero attached hydrogens (tertiary/aromatic N) is 1. The van der Waals surface area contributed by atoms with Gasteiger partial charge in [0.2, 0.25) is 42.4 Å². The Balaban J connectivity index is -0.000000586. The Hall–Kier alpha value is -5.26. The summed E-state index contributed by atoms with van der Waals surface area (Å²) in [5.41, 5.74) is 4.17. The van der Waals surface area contributed by atoms with Gasteiger partial charge in [-0.25, -0.2) is 0 Å². The van der Waals surface area contributed by atoms with Crippen molar-refractivity contribution in [2.75, 3.05) is 99.2 Å². The molecule has 1 rings (SSSR count). The lowest BCUT2D eigenvalue weighted by Gasteiger charge is -2.24. The summed E-state index contributed by atoms with van der Waals surface area (Å²) in [5, 5.41) is 29.7. The van der Waals surface area contributed by atoms with Gasteiger partial charge < -0.3 is 71.2 Å².